The summed E-state index contributed by atoms with van der Waals surface area (Å²) in [6, 6.07) is 14.7. The van der Waals surface area contributed by atoms with Crippen LogP contribution in [-0.4, -0.2) is 21.4 Å². The van der Waals surface area contributed by atoms with Crippen LogP contribution in [0.3, 0.4) is 0 Å². The molecule has 1 amide bonds. The predicted molar refractivity (Wildman–Crippen MR) is 105 cm³/mol. The number of carbonyl (C=O) groups is 1. The second-order valence-corrected chi connectivity index (χ2v) is 7.50. The summed E-state index contributed by atoms with van der Waals surface area (Å²) in [5, 5.41) is 11.1. The van der Waals surface area contributed by atoms with Gasteiger partial charge in [-0.2, -0.15) is 0 Å². The van der Waals surface area contributed by atoms with Gasteiger partial charge in [0.05, 0.1) is 10.3 Å². The van der Waals surface area contributed by atoms with E-state index in [4.69, 9.17) is 20.8 Å². The van der Waals surface area contributed by atoms with Crippen LogP contribution in [0.4, 0.5) is 5.69 Å². The van der Waals surface area contributed by atoms with E-state index in [0.29, 0.717) is 21.9 Å². The van der Waals surface area contributed by atoms with Gasteiger partial charge in [-0.1, -0.05) is 53.2 Å². The van der Waals surface area contributed by atoms with Crippen molar-refractivity contribution >= 4 is 35.0 Å². The molecule has 0 saturated carbocycles. The lowest BCUT2D eigenvalue weighted by Gasteiger charge is -2.10. The fraction of sp³-hybridized carbons (Fsp3) is 0.211. The SMILES string of the molecule is Cc1ccc(NC(=O)C(C)Sc2nnc(COc3ccccc3Cl)o2)cc1. The van der Waals surface area contributed by atoms with Crippen molar-refractivity contribution in [3.8, 4) is 5.75 Å². The van der Waals surface area contributed by atoms with Crippen LogP contribution in [0.1, 0.15) is 18.4 Å². The Bertz CT molecular complexity index is 915. The monoisotopic (exact) mass is 403 g/mol. The van der Waals surface area contributed by atoms with Gasteiger partial charge in [-0.3, -0.25) is 4.79 Å². The number of hydrogen-bond acceptors (Lipinski definition) is 6. The fourth-order valence-corrected chi connectivity index (χ4v) is 3.02. The van der Waals surface area contributed by atoms with Gasteiger partial charge in [0.25, 0.3) is 11.1 Å². The number of para-hydroxylation sites is 1. The first kappa shape index (κ1) is 19.3. The number of rotatable bonds is 7. The van der Waals surface area contributed by atoms with Gasteiger partial charge in [0, 0.05) is 5.69 Å². The van der Waals surface area contributed by atoms with E-state index in [1.807, 2.05) is 43.3 Å². The van der Waals surface area contributed by atoms with E-state index in [-0.39, 0.29) is 12.5 Å². The number of anilines is 1. The van der Waals surface area contributed by atoms with E-state index in [1.165, 1.54) is 11.8 Å². The molecule has 27 heavy (non-hydrogen) atoms. The number of ether oxygens (including phenoxy) is 1. The summed E-state index contributed by atoms with van der Waals surface area (Å²) in [6.45, 7) is 3.87. The zero-order chi connectivity index (χ0) is 19.2. The van der Waals surface area contributed by atoms with Gasteiger partial charge in [-0.25, -0.2) is 0 Å². The zero-order valence-corrected chi connectivity index (χ0v) is 16.4. The fourth-order valence-electron chi connectivity index (χ4n) is 2.13. The van der Waals surface area contributed by atoms with E-state index in [0.717, 1.165) is 11.3 Å². The lowest BCUT2D eigenvalue weighted by atomic mass is 10.2. The number of amides is 1. The second kappa shape index (κ2) is 8.92. The molecule has 3 aromatic rings. The standard InChI is InChI=1S/C19H18ClN3O3S/c1-12-7-9-14(10-8-12)21-18(24)13(2)27-19-23-22-17(26-19)11-25-16-6-4-3-5-15(16)20/h3-10,13H,11H2,1-2H3,(H,21,24). The molecule has 6 nitrogen and oxygen atoms in total. The molecule has 0 aliphatic carbocycles. The average Bonchev–Trinajstić information content (AvgIpc) is 3.10. The van der Waals surface area contributed by atoms with Crippen molar-refractivity contribution in [1.82, 2.24) is 10.2 Å². The first-order valence-electron chi connectivity index (χ1n) is 8.25. The number of halogens is 1. The molecule has 0 aliphatic rings. The summed E-state index contributed by atoms with van der Waals surface area (Å²) in [5.41, 5.74) is 1.88. The van der Waals surface area contributed by atoms with Gasteiger partial charge in [0.15, 0.2) is 6.61 Å². The Morgan fingerprint density at radius 1 is 1.22 bits per heavy atom. The molecule has 1 N–H and O–H groups in total. The number of thioether (sulfide) groups is 1. The molecule has 1 aromatic heterocycles. The van der Waals surface area contributed by atoms with Crippen LogP contribution in [0.15, 0.2) is 58.2 Å². The molecule has 3 rings (SSSR count). The van der Waals surface area contributed by atoms with Gasteiger partial charge < -0.3 is 14.5 Å². The normalized spacial score (nSPS) is 11.8. The van der Waals surface area contributed by atoms with Gasteiger partial charge in [-0.05, 0) is 38.1 Å². The lowest BCUT2D eigenvalue weighted by Crippen LogP contribution is -2.22. The average molecular weight is 404 g/mol. The van der Waals surface area contributed by atoms with Gasteiger partial charge in [0.2, 0.25) is 5.91 Å². The third kappa shape index (κ3) is 5.48. The van der Waals surface area contributed by atoms with E-state index in [9.17, 15) is 4.79 Å². The summed E-state index contributed by atoms with van der Waals surface area (Å²) in [7, 11) is 0. The number of aromatic nitrogens is 2. The van der Waals surface area contributed by atoms with Gasteiger partial charge >= 0.3 is 0 Å². The van der Waals surface area contributed by atoms with Crippen LogP contribution in [0, 0.1) is 6.92 Å². The van der Waals surface area contributed by atoms with Crippen molar-refractivity contribution < 1.29 is 13.9 Å². The summed E-state index contributed by atoms with van der Waals surface area (Å²) >= 11 is 7.22. The molecular formula is C19H18ClN3O3S. The minimum atomic E-state index is -0.399. The highest BCUT2D eigenvalue weighted by atomic mass is 35.5. The maximum atomic E-state index is 12.3. The second-order valence-electron chi connectivity index (χ2n) is 5.80. The van der Waals surface area contributed by atoms with Crippen LogP contribution in [0.25, 0.3) is 0 Å². The number of benzene rings is 2. The molecule has 0 saturated heterocycles. The molecule has 1 unspecified atom stereocenters. The van der Waals surface area contributed by atoms with Crippen molar-refractivity contribution in [3.63, 3.8) is 0 Å². The maximum Gasteiger partial charge on any atom is 0.277 e. The number of nitrogens with one attached hydrogen (secondary N) is 1. The Balaban J connectivity index is 1.52. The molecule has 2 aromatic carbocycles. The molecule has 0 fully saturated rings. The highest BCUT2D eigenvalue weighted by Gasteiger charge is 2.18. The van der Waals surface area contributed by atoms with Crippen LogP contribution in [0.2, 0.25) is 5.02 Å². The summed E-state index contributed by atoms with van der Waals surface area (Å²) in [5.74, 6) is 0.705. The van der Waals surface area contributed by atoms with Crippen LogP contribution < -0.4 is 10.1 Å². The Labute approximate surface area is 166 Å². The van der Waals surface area contributed by atoms with Crippen molar-refractivity contribution in [2.24, 2.45) is 0 Å². The minimum absolute atomic E-state index is 0.0984. The molecule has 1 atom stereocenters. The molecule has 8 heteroatoms. The number of carbonyl (C=O) groups excluding carboxylic acids is 1. The number of nitrogens with zero attached hydrogens (tertiary/aromatic N) is 2. The smallest absolute Gasteiger partial charge is 0.277 e. The van der Waals surface area contributed by atoms with Crippen LogP contribution in [-0.2, 0) is 11.4 Å². The Morgan fingerprint density at radius 3 is 2.70 bits per heavy atom. The summed E-state index contributed by atoms with van der Waals surface area (Å²) in [6.07, 6.45) is 0. The number of hydrogen-bond donors (Lipinski definition) is 1. The Kier molecular flexibility index (Phi) is 6.36. The maximum absolute atomic E-state index is 12.3. The molecule has 0 spiro atoms. The first-order valence-corrected chi connectivity index (χ1v) is 9.51. The lowest BCUT2D eigenvalue weighted by molar-refractivity contribution is -0.115. The molecule has 0 bridgehead atoms. The number of aryl methyl sites for hydroxylation is 1. The minimum Gasteiger partial charge on any atom is -0.482 e. The third-order valence-electron chi connectivity index (χ3n) is 3.60. The van der Waals surface area contributed by atoms with Crippen LogP contribution >= 0.6 is 23.4 Å². The predicted octanol–water partition coefficient (Wildman–Crippen LogP) is 4.73. The quantitative estimate of drug-likeness (QED) is 0.574. The first-order chi connectivity index (χ1) is 13.0. The van der Waals surface area contributed by atoms with Crippen molar-refractivity contribution in [2.45, 2.75) is 30.9 Å². The Hall–Kier alpha value is -2.51. The molecule has 140 valence electrons. The van der Waals surface area contributed by atoms with Gasteiger partial charge in [0.1, 0.15) is 5.75 Å². The van der Waals surface area contributed by atoms with Crippen LogP contribution in [0.5, 0.6) is 5.75 Å². The summed E-state index contributed by atoms with van der Waals surface area (Å²) < 4.78 is 11.1. The molecule has 0 aliphatic heterocycles. The molecule has 0 radical (unpaired) electrons. The Morgan fingerprint density at radius 2 is 1.96 bits per heavy atom. The topological polar surface area (TPSA) is 77.2 Å². The van der Waals surface area contributed by atoms with E-state index in [1.54, 1.807) is 19.1 Å². The van der Waals surface area contributed by atoms with E-state index >= 15 is 0 Å². The van der Waals surface area contributed by atoms with Crippen molar-refractivity contribution in [1.29, 1.82) is 0 Å². The molecular weight excluding hydrogens is 386 g/mol. The van der Waals surface area contributed by atoms with E-state index in [2.05, 4.69) is 15.5 Å². The highest BCUT2D eigenvalue weighted by Crippen LogP contribution is 2.26. The van der Waals surface area contributed by atoms with Crippen molar-refractivity contribution in [3.05, 3.63) is 65.0 Å². The van der Waals surface area contributed by atoms with Crippen molar-refractivity contribution in [2.75, 3.05) is 5.32 Å². The highest BCUT2D eigenvalue weighted by molar-refractivity contribution is 8.00. The van der Waals surface area contributed by atoms with Gasteiger partial charge in [-0.15, -0.1) is 10.2 Å². The van der Waals surface area contributed by atoms with E-state index < -0.39 is 5.25 Å². The molecule has 1 heterocycles. The largest absolute Gasteiger partial charge is 0.482 e. The third-order valence-corrected chi connectivity index (χ3v) is 4.85. The zero-order valence-electron chi connectivity index (χ0n) is 14.8. The summed E-state index contributed by atoms with van der Waals surface area (Å²) in [4.78, 5) is 12.3.